The molecule has 1 N–H and O–H groups in total. The standard InChI is InChI=1S/C46H82NO7P/c1-6-8-10-12-14-16-18-20-21-22-23-24-25-26-28-30-32-34-36-38-41-51-43-45(44-53-55(49,50)52-42-40-47(3,4)5)54-46(48)39-37-35-33-31-29-27-19-17-15-13-11-9-7-2/h9,11,14-17,20-21,23-24,27,29,45H,6-8,10,12-13,18-19,22,25-26,28,30-44H2,1-5H3/p+1/b11-9-,16-14-,17-15-,21-20-,24-23-,29-27-. The van der Waals surface area contributed by atoms with Crippen molar-refractivity contribution in [2.45, 2.75) is 161 Å². The minimum absolute atomic E-state index is 0.0768. The molecular weight excluding hydrogens is 709 g/mol. The third-order valence-electron chi connectivity index (χ3n) is 8.75. The highest BCUT2D eigenvalue weighted by atomic mass is 31.2. The summed E-state index contributed by atoms with van der Waals surface area (Å²) in [5, 5.41) is 0. The van der Waals surface area contributed by atoms with Gasteiger partial charge in [-0.25, -0.2) is 4.57 Å². The van der Waals surface area contributed by atoms with E-state index in [1.807, 2.05) is 21.1 Å². The highest BCUT2D eigenvalue weighted by molar-refractivity contribution is 7.47. The largest absolute Gasteiger partial charge is 0.472 e. The summed E-state index contributed by atoms with van der Waals surface area (Å²) >= 11 is 0. The van der Waals surface area contributed by atoms with Gasteiger partial charge in [-0.05, 0) is 83.5 Å². The lowest BCUT2D eigenvalue weighted by Gasteiger charge is -2.24. The summed E-state index contributed by atoms with van der Waals surface area (Å²) in [6, 6.07) is 0. The summed E-state index contributed by atoms with van der Waals surface area (Å²) < 4.78 is 34.9. The van der Waals surface area contributed by atoms with Crippen molar-refractivity contribution in [2.75, 3.05) is 54.1 Å². The second-order valence-corrected chi connectivity index (χ2v) is 16.8. The van der Waals surface area contributed by atoms with Crippen molar-refractivity contribution >= 4 is 13.8 Å². The van der Waals surface area contributed by atoms with Crippen LogP contribution in [0.4, 0.5) is 0 Å². The zero-order valence-electron chi connectivity index (χ0n) is 35.9. The molecule has 2 unspecified atom stereocenters. The van der Waals surface area contributed by atoms with Gasteiger partial charge in [0.15, 0.2) is 0 Å². The van der Waals surface area contributed by atoms with E-state index in [9.17, 15) is 14.3 Å². The topological polar surface area (TPSA) is 91.3 Å². The molecule has 0 aromatic heterocycles. The Hall–Kier alpha value is -2.06. The van der Waals surface area contributed by atoms with E-state index < -0.39 is 13.9 Å². The Kier molecular flexibility index (Phi) is 37.3. The summed E-state index contributed by atoms with van der Waals surface area (Å²) in [4.78, 5) is 22.8. The van der Waals surface area contributed by atoms with Crippen molar-refractivity contribution in [1.82, 2.24) is 0 Å². The van der Waals surface area contributed by atoms with Crippen molar-refractivity contribution in [2.24, 2.45) is 0 Å². The number of hydrogen-bond donors (Lipinski definition) is 1. The average molecular weight is 793 g/mol. The van der Waals surface area contributed by atoms with Gasteiger partial charge in [0.25, 0.3) is 0 Å². The van der Waals surface area contributed by atoms with E-state index >= 15 is 0 Å². The number of hydrogen-bond acceptors (Lipinski definition) is 6. The molecule has 0 spiro atoms. The van der Waals surface area contributed by atoms with Crippen molar-refractivity contribution in [3.05, 3.63) is 72.9 Å². The zero-order valence-corrected chi connectivity index (χ0v) is 36.8. The van der Waals surface area contributed by atoms with E-state index in [4.69, 9.17) is 18.5 Å². The van der Waals surface area contributed by atoms with Crippen LogP contribution >= 0.6 is 7.82 Å². The molecule has 0 aliphatic heterocycles. The minimum Gasteiger partial charge on any atom is -0.457 e. The fourth-order valence-electron chi connectivity index (χ4n) is 5.40. The summed E-state index contributed by atoms with van der Waals surface area (Å²) in [6.45, 7) is 5.39. The molecule has 0 saturated heterocycles. The Balaban J connectivity index is 4.28. The maximum absolute atomic E-state index is 12.7. The number of likely N-dealkylation sites (N-methyl/N-ethyl adjacent to an activating group) is 1. The van der Waals surface area contributed by atoms with Crippen LogP contribution in [0, 0.1) is 0 Å². The Morgan fingerprint density at radius 3 is 1.58 bits per heavy atom. The maximum Gasteiger partial charge on any atom is 0.472 e. The quantitative estimate of drug-likeness (QED) is 0.0218. The van der Waals surface area contributed by atoms with Gasteiger partial charge in [-0.2, -0.15) is 0 Å². The smallest absolute Gasteiger partial charge is 0.457 e. The summed E-state index contributed by atoms with van der Waals surface area (Å²) in [5.74, 6) is -0.350. The molecule has 0 fully saturated rings. The van der Waals surface area contributed by atoms with Crippen LogP contribution in [0.5, 0.6) is 0 Å². The van der Waals surface area contributed by atoms with E-state index in [1.54, 1.807) is 0 Å². The number of esters is 1. The molecule has 9 heteroatoms. The van der Waals surface area contributed by atoms with Crippen LogP contribution in [0.25, 0.3) is 0 Å². The van der Waals surface area contributed by atoms with Gasteiger partial charge < -0.3 is 18.9 Å². The molecule has 0 radical (unpaired) electrons. The number of nitrogens with zero attached hydrogens (tertiary/aromatic N) is 1. The average Bonchev–Trinajstić information content (AvgIpc) is 3.13. The van der Waals surface area contributed by atoms with Crippen LogP contribution in [-0.2, 0) is 27.9 Å². The van der Waals surface area contributed by atoms with Crippen LogP contribution < -0.4 is 0 Å². The molecule has 2 atom stereocenters. The van der Waals surface area contributed by atoms with E-state index in [0.29, 0.717) is 17.6 Å². The fourth-order valence-corrected chi connectivity index (χ4v) is 6.14. The predicted molar refractivity (Wildman–Crippen MR) is 233 cm³/mol. The summed E-state index contributed by atoms with van der Waals surface area (Å²) in [7, 11) is 1.63. The fraction of sp³-hybridized carbons (Fsp3) is 0.717. The lowest BCUT2D eigenvalue weighted by Crippen LogP contribution is -2.37. The predicted octanol–water partition coefficient (Wildman–Crippen LogP) is 12.7. The first-order valence-electron chi connectivity index (χ1n) is 21.7. The maximum atomic E-state index is 12.7. The molecule has 0 saturated carbocycles. The molecular formula is C46H83NO7P+. The molecule has 0 aromatic carbocycles. The SMILES string of the molecule is CC/C=C\C/C=C\C/C=C\CCCCCC(=O)OC(COCCCCCCCCC/C=C\C/C=C\C/C=C\CCCCC)COP(=O)(O)OCC[N+](C)(C)C. The first kappa shape index (κ1) is 52.9. The molecule has 55 heavy (non-hydrogen) atoms. The molecule has 0 heterocycles. The van der Waals surface area contributed by atoms with Gasteiger partial charge in [0, 0.05) is 13.0 Å². The lowest BCUT2D eigenvalue weighted by atomic mass is 10.1. The van der Waals surface area contributed by atoms with Crippen LogP contribution in [0.3, 0.4) is 0 Å². The third kappa shape index (κ3) is 42.9. The summed E-state index contributed by atoms with van der Waals surface area (Å²) in [5.41, 5.74) is 0. The van der Waals surface area contributed by atoms with Crippen molar-refractivity contribution in [3.63, 3.8) is 0 Å². The normalized spacial score (nSPS) is 14.5. The highest BCUT2D eigenvalue weighted by Gasteiger charge is 2.26. The van der Waals surface area contributed by atoms with Crippen LogP contribution in [0.15, 0.2) is 72.9 Å². The Labute approximate surface area is 338 Å². The van der Waals surface area contributed by atoms with Gasteiger partial charge in [0.2, 0.25) is 0 Å². The molecule has 0 aromatic rings. The number of phosphoric ester groups is 1. The second-order valence-electron chi connectivity index (χ2n) is 15.3. The summed E-state index contributed by atoms with van der Waals surface area (Å²) in [6.07, 6.45) is 49.4. The van der Waals surface area contributed by atoms with Gasteiger partial charge in [-0.3, -0.25) is 13.8 Å². The molecule has 0 bridgehead atoms. The van der Waals surface area contributed by atoms with Crippen LogP contribution in [0.1, 0.15) is 155 Å². The van der Waals surface area contributed by atoms with Crippen molar-refractivity contribution in [1.29, 1.82) is 0 Å². The number of unbranched alkanes of at least 4 members (excludes halogenated alkanes) is 13. The number of carbonyl (C=O) groups excluding carboxylic acids is 1. The third-order valence-corrected chi connectivity index (χ3v) is 9.74. The van der Waals surface area contributed by atoms with E-state index in [2.05, 4.69) is 86.8 Å². The van der Waals surface area contributed by atoms with Gasteiger partial charge in [-0.1, -0.05) is 138 Å². The first-order valence-corrected chi connectivity index (χ1v) is 23.2. The Morgan fingerprint density at radius 2 is 1.05 bits per heavy atom. The minimum atomic E-state index is -4.29. The van der Waals surface area contributed by atoms with E-state index in [-0.39, 0.29) is 32.2 Å². The number of rotatable bonds is 39. The Morgan fingerprint density at radius 1 is 0.582 bits per heavy atom. The van der Waals surface area contributed by atoms with Crippen LogP contribution in [-0.4, -0.2) is 75.6 Å². The Bertz CT molecular complexity index is 1110. The van der Waals surface area contributed by atoms with Gasteiger partial charge in [-0.15, -0.1) is 0 Å². The molecule has 0 amide bonds. The first-order chi connectivity index (χ1) is 26.6. The van der Waals surface area contributed by atoms with Gasteiger partial charge in [0.05, 0.1) is 34.4 Å². The number of carbonyl (C=O) groups is 1. The molecule has 318 valence electrons. The monoisotopic (exact) mass is 793 g/mol. The van der Waals surface area contributed by atoms with Gasteiger partial charge >= 0.3 is 13.8 Å². The molecule has 0 aliphatic rings. The van der Waals surface area contributed by atoms with E-state index in [0.717, 1.165) is 77.0 Å². The molecule has 0 aliphatic carbocycles. The van der Waals surface area contributed by atoms with Crippen molar-refractivity contribution in [3.8, 4) is 0 Å². The zero-order chi connectivity index (χ0) is 40.6. The van der Waals surface area contributed by atoms with E-state index in [1.165, 1.54) is 57.8 Å². The number of ether oxygens (including phenoxy) is 2. The lowest BCUT2D eigenvalue weighted by molar-refractivity contribution is -0.870. The number of quaternary nitrogens is 1. The van der Waals surface area contributed by atoms with Crippen LogP contribution in [0.2, 0.25) is 0 Å². The van der Waals surface area contributed by atoms with Crippen molar-refractivity contribution < 1.29 is 37.3 Å². The number of allylic oxidation sites excluding steroid dienone is 12. The molecule has 8 nitrogen and oxygen atoms in total. The van der Waals surface area contributed by atoms with Gasteiger partial charge in [0.1, 0.15) is 19.3 Å². The molecule has 0 rings (SSSR count). The number of phosphoric acid groups is 1. The highest BCUT2D eigenvalue weighted by Crippen LogP contribution is 2.43. The second kappa shape index (κ2) is 38.8.